The smallest absolute Gasteiger partial charge is 0.246 e. The summed E-state index contributed by atoms with van der Waals surface area (Å²) in [6, 6.07) is -1.49. The summed E-state index contributed by atoms with van der Waals surface area (Å²) in [6.45, 7) is 4.48. The van der Waals surface area contributed by atoms with E-state index in [0.29, 0.717) is 47.4 Å². The van der Waals surface area contributed by atoms with Gasteiger partial charge in [-0.2, -0.15) is 0 Å². The van der Waals surface area contributed by atoms with Gasteiger partial charge in [0.15, 0.2) is 5.88 Å². The minimum absolute atomic E-state index is 0.0302. The summed E-state index contributed by atoms with van der Waals surface area (Å²) in [5.41, 5.74) is 7.26. The fraction of sp³-hybridized carbons (Fsp3) is 0.619. The van der Waals surface area contributed by atoms with Gasteiger partial charge in [-0.15, -0.1) is 0 Å². The molecule has 352 valence electrons. The van der Waals surface area contributed by atoms with E-state index in [4.69, 9.17) is 10.5 Å². The van der Waals surface area contributed by atoms with Crippen LogP contribution in [0.15, 0.2) is 18.2 Å². The number of fused-ring (bicyclic) bond motifs is 2. The van der Waals surface area contributed by atoms with Gasteiger partial charge in [-0.1, -0.05) is 46.2 Å². The van der Waals surface area contributed by atoms with Gasteiger partial charge < -0.3 is 67.6 Å². The number of ether oxygens (including phenoxy) is 1. The third-order valence-corrected chi connectivity index (χ3v) is 12.1. The summed E-state index contributed by atoms with van der Waals surface area (Å²) in [4.78, 5) is 112. The van der Waals surface area contributed by atoms with Crippen LogP contribution in [0, 0.1) is 11.8 Å². The number of amides is 8. The standard InChI is InChI=1S/C42H62N10O12/c1-5-9-64-41-26-13-29-38(60)45-17-35(59)51-36(20(3)6-2)39(61)46-15-33(57)44-16-34(58)47-30(14-32(43)56)42(63)52-18-24(54)11-23(52)12-27(22-7-8-25(26)28(10-22)50-41)48-37(40(62)49-29)21(4)31(55)19-53/h7-8,10,20-21,23-24,27,29-31,36-37,48,50,53-55H,5-6,9,11-19H2,1-4H3,(H2,43,56)(H,44,57)(H,45,60)(H,46,61)(H,47,58)(H,49,62)(H,51,59)/t20-,21-,23-,24+,27?,29-,30-,31-,36-,37-/m0/s1. The maximum Gasteiger partial charge on any atom is 0.246 e. The molecule has 4 aliphatic heterocycles. The summed E-state index contributed by atoms with van der Waals surface area (Å²) >= 11 is 0. The number of carbonyl (C=O) groups excluding carboxylic acids is 8. The normalized spacial score (nSPS) is 27.2. The second-order valence-electron chi connectivity index (χ2n) is 16.9. The van der Waals surface area contributed by atoms with E-state index in [1.807, 2.05) is 19.1 Å². The number of hydrogen-bond donors (Lipinski definition) is 12. The largest absolute Gasteiger partial charge is 0.479 e. The average Bonchev–Trinajstić information content (AvgIpc) is 3.81. The van der Waals surface area contributed by atoms with Crippen molar-refractivity contribution in [2.45, 2.75) is 115 Å². The summed E-state index contributed by atoms with van der Waals surface area (Å²) in [5.74, 6) is -7.40. The fourth-order valence-corrected chi connectivity index (χ4v) is 8.28. The monoisotopic (exact) mass is 898 g/mol. The van der Waals surface area contributed by atoms with E-state index in [2.05, 4.69) is 42.2 Å². The van der Waals surface area contributed by atoms with Crippen LogP contribution in [0.5, 0.6) is 5.88 Å². The Labute approximate surface area is 369 Å². The number of benzene rings is 1. The molecule has 1 aromatic heterocycles. The zero-order valence-corrected chi connectivity index (χ0v) is 36.5. The van der Waals surface area contributed by atoms with Crippen molar-refractivity contribution in [3.8, 4) is 5.88 Å². The van der Waals surface area contributed by atoms with E-state index in [0.717, 1.165) is 0 Å². The Bertz CT molecular complexity index is 2060. The van der Waals surface area contributed by atoms with Crippen LogP contribution in [0.25, 0.3) is 10.9 Å². The molecule has 2 aromatic rings. The number of carbonyl (C=O) groups is 8. The van der Waals surface area contributed by atoms with E-state index in [-0.39, 0.29) is 25.8 Å². The first-order valence-corrected chi connectivity index (χ1v) is 21.7. The molecular formula is C42H62N10O12. The number of H-pyrrole nitrogens is 1. The fourth-order valence-electron chi connectivity index (χ4n) is 8.28. The van der Waals surface area contributed by atoms with Gasteiger partial charge in [0.1, 0.15) is 18.1 Å². The highest BCUT2D eigenvalue weighted by Gasteiger charge is 2.42. The Balaban J connectivity index is 1.64. The lowest BCUT2D eigenvalue weighted by atomic mass is 9.89. The number of primary amides is 1. The summed E-state index contributed by atoms with van der Waals surface area (Å²) in [7, 11) is 0. The Hall–Kier alpha value is -5.84. The first-order chi connectivity index (χ1) is 30.4. The SMILES string of the molecule is CCCOc1[nH]c2cc3ccc2c1C[C@@H]1NC(=O)[C@H]([C@@H](C)[C@@H](O)CO)NC3C[C@@H]2C[C@@H](O)CN2C(=O)[C@H](CC(N)=O)NC(=O)CNC(=O)CNC(=O)[C@H]([C@@H](C)CC)NC(=O)CNC1=O. The van der Waals surface area contributed by atoms with Crippen molar-refractivity contribution in [3.63, 3.8) is 0 Å². The molecule has 0 radical (unpaired) electrons. The van der Waals surface area contributed by atoms with Crippen molar-refractivity contribution in [2.24, 2.45) is 17.6 Å². The predicted octanol–water partition coefficient (Wildman–Crippen LogP) is -3.41. The van der Waals surface area contributed by atoms with Crippen LogP contribution in [0.3, 0.4) is 0 Å². The average molecular weight is 899 g/mol. The van der Waals surface area contributed by atoms with E-state index in [1.165, 1.54) is 11.8 Å². The number of aliphatic hydroxyl groups is 3. The summed E-state index contributed by atoms with van der Waals surface area (Å²) in [5, 5.41) is 51.1. The molecule has 0 aliphatic carbocycles. The number of nitrogens with zero attached hydrogens (tertiary/aromatic N) is 1. The molecule has 64 heavy (non-hydrogen) atoms. The van der Waals surface area contributed by atoms with Crippen molar-refractivity contribution >= 4 is 58.2 Å². The van der Waals surface area contributed by atoms with Crippen molar-refractivity contribution in [1.29, 1.82) is 0 Å². The molecule has 2 saturated heterocycles. The molecule has 5 heterocycles. The minimum atomic E-state index is -1.51. The number of hydrogen-bond acceptors (Lipinski definition) is 13. The molecule has 1 aromatic carbocycles. The molecule has 22 nitrogen and oxygen atoms in total. The summed E-state index contributed by atoms with van der Waals surface area (Å²) < 4.78 is 6.11. The molecular weight excluding hydrogens is 837 g/mol. The second-order valence-corrected chi connectivity index (χ2v) is 16.9. The van der Waals surface area contributed by atoms with E-state index >= 15 is 0 Å². The van der Waals surface area contributed by atoms with E-state index < -0.39 is 140 Å². The topological polar surface area (TPSA) is 336 Å². The van der Waals surface area contributed by atoms with Crippen molar-refractivity contribution in [3.05, 3.63) is 29.3 Å². The van der Waals surface area contributed by atoms with Gasteiger partial charge in [-0.25, -0.2) is 0 Å². The van der Waals surface area contributed by atoms with Gasteiger partial charge in [0.05, 0.1) is 57.5 Å². The molecule has 6 rings (SSSR count). The first kappa shape index (κ1) is 49.2. The molecule has 6 bridgehead atoms. The third kappa shape index (κ3) is 12.2. The van der Waals surface area contributed by atoms with Crippen molar-refractivity contribution in [1.82, 2.24) is 47.1 Å². The maximum atomic E-state index is 14.6. The lowest BCUT2D eigenvalue weighted by Gasteiger charge is -2.35. The maximum absolute atomic E-state index is 14.6. The number of aliphatic hydroxyl groups excluding tert-OH is 3. The number of nitrogens with two attached hydrogens (primary N) is 1. The lowest BCUT2D eigenvalue weighted by molar-refractivity contribution is -0.139. The Morgan fingerprint density at radius 2 is 1.56 bits per heavy atom. The van der Waals surface area contributed by atoms with Crippen LogP contribution in [-0.2, 0) is 44.8 Å². The molecule has 8 amide bonds. The molecule has 0 spiro atoms. The Morgan fingerprint density at radius 1 is 0.875 bits per heavy atom. The molecule has 2 fully saturated rings. The zero-order chi connectivity index (χ0) is 46.8. The molecule has 4 aliphatic rings. The van der Waals surface area contributed by atoms with Gasteiger partial charge in [0.25, 0.3) is 0 Å². The van der Waals surface area contributed by atoms with Crippen LogP contribution in [0.4, 0.5) is 0 Å². The quantitative estimate of drug-likeness (QED) is 0.111. The highest BCUT2D eigenvalue weighted by Crippen LogP contribution is 2.35. The van der Waals surface area contributed by atoms with Crippen LogP contribution in [0.1, 0.15) is 77.0 Å². The van der Waals surface area contributed by atoms with Crippen molar-refractivity contribution in [2.75, 3.05) is 39.4 Å². The van der Waals surface area contributed by atoms with Crippen LogP contribution in [-0.4, -0.2) is 154 Å². The molecule has 0 saturated carbocycles. The van der Waals surface area contributed by atoms with Gasteiger partial charge in [-0.05, 0) is 36.8 Å². The van der Waals surface area contributed by atoms with E-state index in [9.17, 15) is 53.7 Å². The molecule has 13 N–H and O–H groups in total. The first-order valence-electron chi connectivity index (χ1n) is 21.7. The number of aromatic nitrogens is 1. The van der Waals surface area contributed by atoms with Gasteiger partial charge in [0.2, 0.25) is 47.3 Å². The highest BCUT2D eigenvalue weighted by molar-refractivity contribution is 5.96. The van der Waals surface area contributed by atoms with Crippen molar-refractivity contribution < 1.29 is 58.4 Å². The molecule has 10 atom stereocenters. The lowest BCUT2D eigenvalue weighted by Crippen LogP contribution is -2.58. The van der Waals surface area contributed by atoms with Gasteiger partial charge in [0, 0.05) is 47.4 Å². The van der Waals surface area contributed by atoms with Gasteiger partial charge in [-0.3, -0.25) is 43.7 Å². The number of aromatic amines is 1. The Morgan fingerprint density at radius 3 is 2.25 bits per heavy atom. The molecule has 1 unspecified atom stereocenters. The molecule has 22 heteroatoms. The van der Waals surface area contributed by atoms with E-state index in [1.54, 1.807) is 19.9 Å². The highest BCUT2D eigenvalue weighted by atomic mass is 16.5. The number of rotatable bonds is 10. The zero-order valence-electron chi connectivity index (χ0n) is 36.5. The van der Waals surface area contributed by atoms with Crippen LogP contribution in [0.2, 0.25) is 0 Å². The summed E-state index contributed by atoms with van der Waals surface area (Å²) in [6.07, 6.45) is -2.05. The van der Waals surface area contributed by atoms with Gasteiger partial charge >= 0.3 is 0 Å². The number of nitrogens with one attached hydrogen (secondary N) is 8. The van der Waals surface area contributed by atoms with Crippen LogP contribution >= 0.6 is 0 Å². The van der Waals surface area contributed by atoms with Crippen LogP contribution < -0.4 is 47.7 Å². The minimum Gasteiger partial charge on any atom is -0.479 e. The predicted molar refractivity (Wildman–Crippen MR) is 229 cm³/mol. The second kappa shape index (κ2) is 22.2. The third-order valence-electron chi connectivity index (χ3n) is 12.1. The Kier molecular flexibility index (Phi) is 17.0.